The predicted molar refractivity (Wildman–Crippen MR) is 389 cm³/mol. The number of nitrogens with one attached hydrogen (secondary N) is 11. The van der Waals surface area contributed by atoms with E-state index in [1.807, 2.05) is 117 Å². The van der Waals surface area contributed by atoms with Gasteiger partial charge >= 0.3 is 0 Å². The van der Waals surface area contributed by atoms with Crippen LogP contribution in [0.15, 0.2) is 161 Å². The third-order valence-electron chi connectivity index (χ3n) is 20.8. The Kier molecular flexibility index (Phi) is 26.2. The van der Waals surface area contributed by atoms with Gasteiger partial charge in [0.05, 0.1) is 18.1 Å². The molecule has 23 heteroatoms. The summed E-state index contributed by atoms with van der Waals surface area (Å²) in [4.78, 5) is 145. The van der Waals surface area contributed by atoms with Crippen LogP contribution in [0, 0.1) is 11.8 Å². The van der Waals surface area contributed by atoms with Crippen molar-refractivity contribution in [3.8, 4) is 0 Å². The van der Waals surface area contributed by atoms with E-state index in [4.69, 9.17) is 0 Å². The number of unbranched alkanes of at least 4 members (excludes halogenated alkanes) is 1. The number of nitrogens with zero attached hydrogens (tertiary/aromatic N) is 2. The minimum Gasteiger partial charge on any atom is -0.380 e. The van der Waals surface area contributed by atoms with Crippen molar-refractivity contribution in [3.63, 3.8) is 0 Å². The van der Waals surface area contributed by atoms with Gasteiger partial charge in [-0.3, -0.25) is 47.9 Å². The molecule has 0 bridgehead atoms. The summed E-state index contributed by atoms with van der Waals surface area (Å²) in [6.07, 6.45) is 6.54. The van der Waals surface area contributed by atoms with Gasteiger partial charge in [-0.2, -0.15) is 0 Å². The predicted octanol–water partition coefficient (Wildman–Crippen LogP) is 5.16. The van der Waals surface area contributed by atoms with Gasteiger partial charge < -0.3 is 68.3 Å². The van der Waals surface area contributed by atoms with Crippen molar-refractivity contribution >= 4 is 58.6 Å². The maximum absolute atomic E-state index is 15.2. The SMILES string of the molecule is CC[C@H](NC)C(=O)N[C@@H]1C(=O)N2[C@@H](CC[C@@H]1CNC(=O)CCCNc1c(NCCCCNC(=O)C(NC(=O)[C@@H]3CC[C@@H]4CC[C@H](CNCc5ccccc5)[C@H](NC(=O)[C@H](CC)NC)C(=O)N43)(c3ccccc3)c3ccccc3)c(=O)c1=O)CC[C@H]2C(=O)NC(c1ccccc1)c1ccccc1. The van der Waals surface area contributed by atoms with Gasteiger partial charge in [-0.25, -0.2) is 0 Å². The van der Waals surface area contributed by atoms with Gasteiger partial charge in [0.2, 0.25) is 41.4 Å². The molecule has 4 saturated heterocycles. The minimum absolute atomic E-state index is 0.0544. The van der Waals surface area contributed by atoms with Crippen LogP contribution in [0.4, 0.5) is 11.4 Å². The quantitative estimate of drug-likeness (QED) is 0.0184. The first-order valence-corrected chi connectivity index (χ1v) is 36.1. The van der Waals surface area contributed by atoms with E-state index in [1.165, 1.54) is 0 Å². The van der Waals surface area contributed by atoms with E-state index < -0.39 is 76.4 Å². The molecule has 0 unspecified atom stereocenters. The Morgan fingerprint density at radius 1 is 0.495 bits per heavy atom. The van der Waals surface area contributed by atoms with Crippen LogP contribution in [0.2, 0.25) is 0 Å². The van der Waals surface area contributed by atoms with Crippen molar-refractivity contribution in [1.82, 2.24) is 57.7 Å². The lowest BCUT2D eigenvalue weighted by Gasteiger charge is -2.38. The maximum atomic E-state index is 15.2. The Morgan fingerprint density at radius 3 is 1.42 bits per heavy atom. The van der Waals surface area contributed by atoms with Crippen LogP contribution in [-0.2, 0) is 50.4 Å². The molecule has 0 aliphatic carbocycles. The van der Waals surface area contributed by atoms with Gasteiger partial charge in [0.1, 0.15) is 35.5 Å². The summed E-state index contributed by atoms with van der Waals surface area (Å²) in [5.74, 6) is -3.69. The monoisotopic (exact) mass is 1380 g/mol. The molecule has 8 amide bonds. The van der Waals surface area contributed by atoms with Crippen LogP contribution >= 0.6 is 0 Å². The average molecular weight is 1380 g/mol. The number of carbonyl (C=O) groups is 8. The molecule has 0 spiro atoms. The van der Waals surface area contributed by atoms with Crippen LogP contribution in [0.1, 0.15) is 138 Å². The molecule has 536 valence electrons. The third kappa shape index (κ3) is 17.6. The second-order valence-electron chi connectivity index (χ2n) is 27.1. The highest BCUT2D eigenvalue weighted by Crippen LogP contribution is 2.38. The highest BCUT2D eigenvalue weighted by atomic mass is 16.2. The molecule has 10 rings (SSSR count). The summed E-state index contributed by atoms with van der Waals surface area (Å²) in [7, 11) is 3.39. The summed E-state index contributed by atoms with van der Waals surface area (Å²) < 4.78 is 0. The van der Waals surface area contributed by atoms with E-state index >= 15 is 14.4 Å². The highest BCUT2D eigenvalue weighted by Gasteiger charge is 2.52. The standard InChI is InChI=1S/C78H99N13O10/c1-5-59(79-3)71(95)87-65-53(48-81-47-50-25-12-7-13-26-50)36-38-58-41-43-62(91(58)75(65)99)74(98)89-78(55-31-18-10-19-32-55,56-33-20-11-21-34-56)77(101)84-45-23-22-44-82-67-68(70(94)69(67)93)83-46-24-35-63(92)85-49-54-37-39-57-40-42-61(90(57)76(100)66(54)88-72(96)60(6-2)80-4)73(97)86-64(51-27-14-8-15-28-51)52-29-16-9-17-30-52/h7-21,25-34,53-54,57-62,64-66,79-83H,5-6,22-24,35-49H2,1-4H3,(H,84,101)(H,85,92)(H,86,97)(H,87,95)(H,88,96)(H,89,98)/t53-,54-,57+,58+,59+,60+,61+,62+,65+,66+/m1/s1. The Bertz CT molecular complexity index is 3760. The van der Waals surface area contributed by atoms with Crippen molar-refractivity contribution in [1.29, 1.82) is 0 Å². The van der Waals surface area contributed by atoms with Gasteiger partial charge in [0.25, 0.3) is 16.8 Å². The smallest absolute Gasteiger partial charge is 0.255 e. The molecule has 4 heterocycles. The Hall–Kier alpha value is -9.58. The van der Waals surface area contributed by atoms with Gasteiger partial charge in [-0.15, -0.1) is 0 Å². The number of amides is 8. The van der Waals surface area contributed by atoms with Gasteiger partial charge in [0.15, 0.2) is 5.54 Å². The lowest BCUT2D eigenvalue weighted by molar-refractivity contribution is -0.145. The van der Waals surface area contributed by atoms with E-state index in [2.05, 4.69) is 58.5 Å². The topological polar surface area (TPSA) is 310 Å². The number of hydrogen-bond donors (Lipinski definition) is 11. The summed E-state index contributed by atoms with van der Waals surface area (Å²) in [5.41, 5.74) is 1.01. The van der Waals surface area contributed by atoms with E-state index in [0.717, 1.165) is 16.7 Å². The molecule has 0 radical (unpaired) electrons. The van der Waals surface area contributed by atoms with E-state index in [0.29, 0.717) is 108 Å². The Labute approximate surface area is 591 Å². The normalized spacial score (nSPS) is 21.1. The number of rotatable bonds is 34. The first-order chi connectivity index (χ1) is 49.1. The van der Waals surface area contributed by atoms with Crippen molar-refractivity contribution in [3.05, 3.63) is 200 Å². The number of anilines is 2. The average Bonchev–Trinajstić information content (AvgIpc) is 1.69. The van der Waals surface area contributed by atoms with Crippen molar-refractivity contribution < 1.29 is 38.4 Å². The molecular formula is C78H99N13O10. The third-order valence-corrected chi connectivity index (χ3v) is 20.8. The second-order valence-corrected chi connectivity index (χ2v) is 27.1. The lowest BCUT2D eigenvalue weighted by atomic mass is 9.81. The molecule has 4 aliphatic rings. The molecule has 101 heavy (non-hydrogen) atoms. The van der Waals surface area contributed by atoms with Crippen LogP contribution in [0.5, 0.6) is 0 Å². The van der Waals surface area contributed by atoms with E-state index in [9.17, 15) is 33.6 Å². The van der Waals surface area contributed by atoms with Crippen molar-refractivity contribution in [2.45, 2.75) is 170 Å². The zero-order chi connectivity index (χ0) is 71.4. The number of fused-ring (bicyclic) bond motifs is 2. The van der Waals surface area contributed by atoms with Crippen molar-refractivity contribution in [2.24, 2.45) is 11.8 Å². The highest BCUT2D eigenvalue weighted by molar-refractivity contribution is 6.00. The second kappa shape index (κ2) is 35.6. The molecule has 0 aromatic heterocycles. The fourth-order valence-corrected chi connectivity index (χ4v) is 15.2. The van der Waals surface area contributed by atoms with Crippen LogP contribution < -0.4 is 69.3 Å². The van der Waals surface area contributed by atoms with E-state index in [-0.39, 0.29) is 97.4 Å². The fourth-order valence-electron chi connectivity index (χ4n) is 15.2. The molecule has 11 N–H and O–H groups in total. The van der Waals surface area contributed by atoms with Crippen LogP contribution in [0.25, 0.3) is 0 Å². The zero-order valence-corrected chi connectivity index (χ0v) is 58.4. The molecule has 10 atom stereocenters. The Morgan fingerprint density at radius 2 is 0.931 bits per heavy atom. The molecule has 6 aromatic rings. The summed E-state index contributed by atoms with van der Waals surface area (Å²) in [6, 6.07) is 41.5. The Balaban J connectivity index is 0.727. The first kappa shape index (κ1) is 74.1. The molecule has 6 aromatic carbocycles. The number of carbonyl (C=O) groups excluding carboxylic acids is 8. The number of benzene rings is 5. The number of hydrogen-bond acceptors (Lipinski definition) is 15. The molecule has 23 nitrogen and oxygen atoms in total. The van der Waals surface area contributed by atoms with Crippen molar-refractivity contribution in [2.75, 3.05) is 57.5 Å². The maximum Gasteiger partial charge on any atom is 0.255 e. The lowest BCUT2D eigenvalue weighted by Crippen LogP contribution is -2.62. The zero-order valence-electron chi connectivity index (χ0n) is 58.4. The summed E-state index contributed by atoms with van der Waals surface area (Å²) in [5, 5.41) is 34.4. The summed E-state index contributed by atoms with van der Waals surface area (Å²) in [6.45, 7) is 5.53. The molecule has 4 aliphatic heterocycles. The number of likely N-dealkylation sites (N-methyl/N-ethyl adjacent to an activating group) is 2. The minimum atomic E-state index is -1.75. The molecule has 0 saturated carbocycles. The molecule has 4 fully saturated rings. The largest absolute Gasteiger partial charge is 0.380 e. The van der Waals surface area contributed by atoms with Gasteiger partial charge in [0, 0.05) is 69.6 Å². The van der Waals surface area contributed by atoms with Gasteiger partial charge in [-0.1, -0.05) is 166 Å². The van der Waals surface area contributed by atoms with Crippen LogP contribution in [0.3, 0.4) is 0 Å². The van der Waals surface area contributed by atoms with E-state index in [1.54, 1.807) is 72.4 Å². The fraction of sp³-hybridized carbons (Fsp3) is 0.462. The van der Waals surface area contributed by atoms with Crippen LogP contribution in [-0.4, -0.2) is 152 Å². The summed E-state index contributed by atoms with van der Waals surface area (Å²) >= 11 is 0. The molecular weight excluding hydrogens is 1280 g/mol. The first-order valence-electron chi connectivity index (χ1n) is 36.1. The van der Waals surface area contributed by atoms with Gasteiger partial charge in [-0.05, 0) is 125 Å².